The summed E-state index contributed by atoms with van der Waals surface area (Å²) in [7, 11) is 0. The van der Waals surface area contributed by atoms with Gasteiger partial charge in [0.1, 0.15) is 0 Å². The molecular weight excluding hydrogens is 344 g/mol. The average molecular weight is 369 g/mol. The monoisotopic (exact) mass is 368 g/mol. The van der Waals surface area contributed by atoms with Crippen LogP contribution in [0.2, 0.25) is 0 Å². The molecule has 2 aromatic rings. The maximum absolute atomic E-state index is 13.4. The van der Waals surface area contributed by atoms with Crippen LogP contribution in [0.5, 0.6) is 0 Å². The summed E-state index contributed by atoms with van der Waals surface area (Å²) < 4.78 is 0. The molecular formula is C20H24N4OS. The summed E-state index contributed by atoms with van der Waals surface area (Å²) >= 11 is 1.56. The molecule has 5 rings (SSSR count). The van der Waals surface area contributed by atoms with Crippen molar-refractivity contribution in [3.05, 3.63) is 40.7 Å². The predicted molar refractivity (Wildman–Crippen MR) is 102 cm³/mol. The van der Waals surface area contributed by atoms with Crippen LogP contribution in [0.15, 0.2) is 24.5 Å². The second kappa shape index (κ2) is 5.78. The van der Waals surface area contributed by atoms with Crippen molar-refractivity contribution in [2.75, 3.05) is 5.73 Å². The number of nitrogens with one attached hydrogen (secondary N) is 1. The molecule has 3 aliphatic rings. The number of fused-ring (bicyclic) bond motifs is 1. The highest BCUT2D eigenvalue weighted by Crippen LogP contribution is 2.65. The van der Waals surface area contributed by atoms with Gasteiger partial charge in [-0.05, 0) is 55.6 Å². The van der Waals surface area contributed by atoms with Crippen LogP contribution in [-0.2, 0) is 23.1 Å². The number of rotatable bonds is 3. The second-order valence-electron chi connectivity index (χ2n) is 8.37. The van der Waals surface area contributed by atoms with Gasteiger partial charge < -0.3 is 11.1 Å². The fraction of sp³-hybridized carbons (Fsp3) is 0.550. The van der Waals surface area contributed by atoms with Crippen molar-refractivity contribution in [1.29, 1.82) is 0 Å². The van der Waals surface area contributed by atoms with Crippen LogP contribution in [0.4, 0.5) is 5.13 Å². The van der Waals surface area contributed by atoms with Crippen molar-refractivity contribution >= 4 is 22.4 Å². The lowest BCUT2D eigenvalue weighted by Crippen LogP contribution is -2.61. The molecule has 0 aromatic carbocycles. The minimum Gasteiger partial charge on any atom is -0.375 e. The molecule has 2 heterocycles. The van der Waals surface area contributed by atoms with Gasteiger partial charge in [0, 0.05) is 29.7 Å². The highest BCUT2D eigenvalue weighted by Gasteiger charge is 2.61. The van der Waals surface area contributed by atoms with Crippen molar-refractivity contribution in [3.8, 4) is 0 Å². The predicted octanol–water partition coefficient (Wildman–Crippen LogP) is 3.00. The molecule has 2 saturated carbocycles. The molecule has 0 bridgehead atoms. The van der Waals surface area contributed by atoms with Crippen molar-refractivity contribution in [2.45, 2.75) is 62.8 Å². The Morgan fingerprint density at radius 3 is 2.88 bits per heavy atom. The molecule has 1 amide bonds. The Kier molecular flexibility index (Phi) is 3.61. The number of hydrogen-bond acceptors (Lipinski definition) is 5. The zero-order chi connectivity index (χ0) is 17.8. The third-order valence-electron chi connectivity index (χ3n) is 6.71. The van der Waals surface area contributed by atoms with Crippen LogP contribution in [0.25, 0.3) is 0 Å². The van der Waals surface area contributed by atoms with E-state index >= 15 is 0 Å². The molecule has 1 atom stereocenters. The van der Waals surface area contributed by atoms with Crippen molar-refractivity contribution in [1.82, 2.24) is 15.3 Å². The van der Waals surface area contributed by atoms with E-state index in [9.17, 15) is 4.79 Å². The Bertz CT molecular complexity index is 835. The first-order chi connectivity index (χ1) is 12.6. The Balaban J connectivity index is 1.35. The van der Waals surface area contributed by atoms with Gasteiger partial charge in [0.2, 0.25) is 5.91 Å². The average Bonchev–Trinajstić information content (AvgIpc) is 2.93. The van der Waals surface area contributed by atoms with Gasteiger partial charge in [-0.1, -0.05) is 12.5 Å². The largest absolute Gasteiger partial charge is 0.375 e. The lowest BCUT2D eigenvalue weighted by molar-refractivity contribution is -0.143. The highest BCUT2D eigenvalue weighted by atomic mass is 32.1. The number of thiazole rings is 1. The molecule has 0 aliphatic heterocycles. The third-order valence-corrected chi connectivity index (χ3v) is 7.66. The molecule has 1 spiro atoms. The Morgan fingerprint density at radius 2 is 2.19 bits per heavy atom. The number of aryl methyl sites for hydroxylation is 1. The highest BCUT2D eigenvalue weighted by molar-refractivity contribution is 7.15. The maximum atomic E-state index is 13.4. The molecule has 6 heteroatoms. The number of carbonyl (C=O) groups excluding carboxylic acids is 1. The van der Waals surface area contributed by atoms with E-state index in [-0.39, 0.29) is 17.4 Å². The van der Waals surface area contributed by atoms with Gasteiger partial charge in [0.05, 0.1) is 11.1 Å². The van der Waals surface area contributed by atoms with E-state index < -0.39 is 0 Å². The number of nitrogen functional groups attached to an aromatic ring is 1. The standard InChI is InChI=1S/C20H24N4OS/c21-18-24-15-5-4-14(9-16(15)26-18)23-17(25)20(13-3-1-8-22-10-13)11-19(12-20)6-2-7-19/h1,3,8,10,14H,2,4-7,9,11-12H2,(H2,21,24)(H,23,25)/t14-/m0/s1. The molecule has 0 radical (unpaired) electrons. The maximum Gasteiger partial charge on any atom is 0.230 e. The lowest BCUT2D eigenvalue weighted by Gasteiger charge is -2.60. The molecule has 3 N–H and O–H groups in total. The Labute approximate surface area is 157 Å². The second-order valence-corrected chi connectivity index (χ2v) is 9.48. The molecule has 0 unspecified atom stereocenters. The van der Waals surface area contributed by atoms with Gasteiger partial charge in [-0.15, -0.1) is 11.3 Å². The van der Waals surface area contributed by atoms with Gasteiger partial charge in [0.15, 0.2) is 5.13 Å². The summed E-state index contributed by atoms with van der Waals surface area (Å²) in [5.74, 6) is 0.189. The van der Waals surface area contributed by atoms with E-state index in [1.54, 1.807) is 17.5 Å². The SMILES string of the molecule is Nc1nc2c(s1)C[C@@H](NC(=O)C1(c3cccnc3)CC3(CCC3)C1)CC2. The topological polar surface area (TPSA) is 80.9 Å². The van der Waals surface area contributed by atoms with Crippen LogP contribution >= 0.6 is 11.3 Å². The van der Waals surface area contributed by atoms with Crippen molar-refractivity contribution in [2.24, 2.45) is 5.41 Å². The zero-order valence-corrected chi connectivity index (χ0v) is 15.6. The van der Waals surface area contributed by atoms with Gasteiger partial charge in [-0.2, -0.15) is 0 Å². The summed E-state index contributed by atoms with van der Waals surface area (Å²) in [6.07, 6.45) is 12.2. The lowest BCUT2D eigenvalue weighted by atomic mass is 9.43. The summed E-state index contributed by atoms with van der Waals surface area (Å²) in [6.45, 7) is 0. The van der Waals surface area contributed by atoms with Gasteiger partial charge >= 0.3 is 0 Å². The van der Waals surface area contributed by atoms with Gasteiger partial charge in [-0.25, -0.2) is 4.98 Å². The van der Waals surface area contributed by atoms with Crippen LogP contribution in [-0.4, -0.2) is 21.9 Å². The summed E-state index contributed by atoms with van der Waals surface area (Å²) in [5, 5.41) is 4.01. The summed E-state index contributed by atoms with van der Waals surface area (Å²) in [4.78, 5) is 23.3. The van der Waals surface area contributed by atoms with Gasteiger partial charge in [0.25, 0.3) is 0 Å². The number of amides is 1. The fourth-order valence-corrected chi connectivity index (χ4v) is 6.20. The smallest absolute Gasteiger partial charge is 0.230 e. The van der Waals surface area contributed by atoms with E-state index in [0.717, 1.165) is 43.4 Å². The fourth-order valence-electron chi connectivity index (χ4n) is 5.24. The molecule has 2 aromatic heterocycles. The van der Waals surface area contributed by atoms with Crippen LogP contribution in [0, 0.1) is 5.41 Å². The number of nitrogens with two attached hydrogens (primary N) is 1. The van der Waals surface area contributed by atoms with Crippen molar-refractivity contribution < 1.29 is 4.79 Å². The van der Waals surface area contributed by atoms with Crippen LogP contribution in [0.3, 0.4) is 0 Å². The molecule has 26 heavy (non-hydrogen) atoms. The quantitative estimate of drug-likeness (QED) is 0.873. The molecule has 136 valence electrons. The Hall–Kier alpha value is -1.95. The number of aromatic nitrogens is 2. The number of anilines is 1. The number of hydrogen-bond donors (Lipinski definition) is 2. The minimum atomic E-state index is -0.387. The van der Waals surface area contributed by atoms with E-state index in [1.807, 2.05) is 12.3 Å². The summed E-state index contributed by atoms with van der Waals surface area (Å²) in [6, 6.07) is 4.20. The first-order valence-electron chi connectivity index (χ1n) is 9.54. The minimum absolute atomic E-state index is 0.182. The first-order valence-corrected chi connectivity index (χ1v) is 10.4. The number of nitrogens with zero attached hydrogens (tertiary/aromatic N) is 2. The van der Waals surface area contributed by atoms with E-state index in [1.165, 1.54) is 24.1 Å². The zero-order valence-electron chi connectivity index (χ0n) is 14.8. The first kappa shape index (κ1) is 16.2. The van der Waals surface area contributed by atoms with E-state index in [2.05, 4.69) is 21.4 Å². The van der Waals surface area contributed by atoms with E-state index in [0.29, 0.717) is 10.5 Å². The summed E-state index contributed by atoms with van der Waals surface area (Å²) in [5.41, 5.74) is 8.07. The van der Waals surface area contributed by atoms with Crippen LogP contribution in [0.1, 0.15) is 54.7 Å². The van der Waals surface area contributed by atoms with Crippen molar-refractivity contribution in [3.63, 3.8) is 0 Å². The molecule has 0 saturated heterocycles. The number of pyridine rings is 1. The molecule has 3 aliphatic carbocycles. The Morgan fingerprint density at radius 1 is 1.35 bits per heavy atom. The van der Waals surface area contributed by atoms with Gasteiger partial charge in [-0.3, -0.25) is 9.78 Å². The van der Waals surface area contributed by atoms with E-state index in [4.69, 9.17) is 5.73 Å². The number of carbonyl (C=O) groups is 1. The molecule has 2 fully saturated rings. The third kappa shape index (κ3) is 2.46. The molecule has 5 nitrogen and oxygen atoms in total. The normalized spacial score (nSPS) is 25.0. The van der Waals surface area contributed by atoms with Crippen LogP contribution < -0.4 is 11.1 Å².